The van der Waals surface area contributed by atoms with Crippen LogP contribution in [0.1, 0.15) is 54.0 Å². The number of benzene rings is 2. The lowest BCUT2D eigenvalue weighted by molar-refractivity contribution is -0.124. The summed E-state index contributed by atoms with van der Waals surface area (Å²) in [5.41, 5.74) is 5.70. The predicted octanol–water partition coefficient (Wildman–Crippen LogP) is 6.20. The number of carbonyl (C=O) groups excluding carboxylic acids is 3. The fraction of sp³-hybridized carbons (Fsp3) is 0.400. The summed E-state index contributed by atoms with van der Waals surface area (Å²) in [7, 11) is 1.70. The molecular formula is C35H44N6O4S2. The van der Waals surface area contributed by atoms with Gasteiger partial charge in [0.25, 0.3) is 0 Å². The summed E-state index contributed by atoms with van der Waals surface area (Å²) in [5, 5.41) is 9.24. The molecule has 10 nitrogen and oxygen atoms in total. The maximum absolute atomic E-state index is 13.7. The molecule has 0 fully saturated rings. The molecule has 47 heavy (non-hydrogen) atoms. The third-order valence-corrected chi connectivity index (χ3v) is 9.28. The number of hydrogen-bond donors (Lipinski definition) is 3. The number of hydrogen-bond acceptors (Lipinski definition) is 8. The fourth-order valence-corrected chi connectivity index (χ4v) is 6.31. The van der Waals surface area contributed by atoms with E-state index in [0.29, 0.717) is 32.2 Å². The Labute approximate surface area is 285 Å². The number of amides is 4. The molecule has 3 N–H and O–H groups in total. The van der Waals surface area contributed by atoms with Gasteiger partial charge in [0.2, 0.25) is 5.91 Å². The van der Waals surface area contributed by atoms with Gasteiger partial charge in [-0.05, 0) is 49.1 Å². The van der Waals surface area contributed by atoms with Crippen LogP contribution in [0.15, 0.2) is 84.1 Å². The molecule has 3 atom stereocenters. The summed E-state index contributed by atoms with van der Waals surface area (Å²) in [4.78, 5) is 51.1. The van der Waals surface area contributed by atoms with Gasteiger partial charge >= 0.3 is 12.1 Å². The SMILES string of the molecule is CC(C)[C@H](NC(=O)N(C)Cc1cncs1)C(=O)N[C@H](CCc1ccccc1)CC[C@@H](Cc1ccccc1)NC(=O)OCc1cncs1. The maximum atomic E-state index is 13.7. The van der Waals surface area contributed by atoms with Crippen LogP contribution in [0.4, 0.5) is 9.59 Å². The van der Waals surface area contributed by atoms with Gasteiger partial charge < -0.3 is 25.6 Å². The highest BCUT2D eigenvalue weighted by atomic mass is 32.1. The van der Waals surface area contributed by atoms with E-state index in [9.17, 15) is 14.4 Å². The number of nitrogens with one attached hydrogen (secondary N) is 3. The van der Waals surface area contributed by atoms with Crippen LogP contribution in [-0.4, -0.2) is 58.1 Å². The topological polar surface area (TPSA) is 126 Å². The average molecular weight is 677 g/mol. The molecule has 0 spiro atoms. The summed E-state index contributed by atoms with van der Waals surface area (Å²) in [5.74, 6) is -0.361. The molecule has 2 aromatic heterocycles. The molecule has 250 valence electrons. The van der Waals surface area contributed by atoms with Crippen LogP contribution in [0.3, 0.4) is 0 Å². The molecule has 0 bridgehead atoms. The van der Waals surface area contributed by atoms with Crippen LogP contribution in [-0.2, 0) is 35.5 Å². The second kappa shape index (κ2) is 18.8. The summed E-state index contributed by atoms with van der Waals surface area (Å²) in [6.07, 6.45) is 6.26. The molecule has 0 aliphatic rings. The Kier molecular flexibility index (Phi) is 14.2. The molecule has 4 aromatic rings. The number of aromatic nitrogens is 2. The van der Waals surface area contributed by atoms with Gasteiger partial charge in [0.15, 0.2) is 0 Å². The number of rotatable bonds is 17. The van der Waals surface area contributed by atoms with Gasteiger partial charge in [-0.15, -0.1) is 22.7 Å². The monoisotopic (exact) mass is 676 g/mol. The molecule has 4 amide bonds. The first-order valence-corrected chi connectivity index (χ1v) is 17.6. The quantitative estimate of drug-likeness (QED) is 0.122. The lowest BCUT2D eigenvalue weighted by atomic mass is 9.95. The predicted molar refractivity (Wildman–Crippen MR) is 186 cm³/mol. The standard InChI is InChI=1S/C35H44N6O4S2/c1-25(2)32(40-34(43)41(3)21-30-19-36-23-46-30)33(42)38-28(15-14-26-10-6-4-7-11-26)16-17-29(18-27-12-8-5-9-13-27)39-35(44)45-22-31-20-37-24-47-31/h4-13,19-20,23-25,28-29,32H,14-18,21-22H2,1-3H3,(H,38,42)(H,39,44)(H,40,43)/t28-,29+,32+/m1/s1. The zero-order valence-corrected chi connectivity index (χ0v) is 28.8. The van der Waals surface area contributed by atoms with Gasteiger partial charge in [-0.25, -0.2) is 9.59 Å². The van der Waals surface area contributed by atoms with Gasteiger partial charge in [-0.3, -0.25) is 14.8 Å². The summed E-state index contributed by atoms with van der Waals surface area (Å²) < 4.78 is 5.48. The molecule has 2 heterocycles. The van der Waals surface area contributed by atoms with E-state index in [2.05, 4.69) is 38.1 Å². The minimum Gasteiger partial charge on any atom is -0.444 e. The Hall–Kier alpha value is -4.29. The lowest BCUT2D eigenvalue weighted by Gasteiger charge is -2.28. The van der Waals surface area contributed by atoms with Crippen LogP contribution in [0.25, 0.3) is 0 Å². The van der Waals surface area contributed by atoms with Crippen LogP contribution in [0.5, 0.6) is 0 Å². The van der Waals surface area contributed by atoms with Crippen molar-refractivity contribution < 1.29 is 19.1 Å². The highest BCUT2D eigenvalue weighted by Crippen LogP contribution is 2.16. The van der Waals surface area contributed by atoms with Crippen LogP contribution < -0.4 is 16.0 Å². The van der Waals surface area contributed by atoms with E-state index in [-0.39, 0.29) is 36.5 Å². The van der Waals surface area contributed by atoms with Crippen molar-refractivity contribution in [3.63, 3.8) is 0 Å². The van der Waals surface area contributed by atoms with Crippen LogP contribution in [0.2, 0.25) is 0 Å². The zero-order chi connectivity index (χ0) is 33.4. The first-order valence-electron chi connectivity index (χ1n) is 15.8. The molecule has 0 aliphatic heterocycles. The van der Waals surface area contributed by atoms with Gasteiger partial charge in [-0.1, -0.05) is 74.5 Å². The van der Waals surface area contributed by atoms with E-state index in [1.54, 1.807) is 35.4 Å². The lowest BCUT2D eigenvalue weighted by Crippen LogP contribution is -2.54. The number of thiazole rings is 2. The third kappa shape index (κ3) is 12.4. The second-order valence-electron chi connectivity index (χ2n) is 11.9. The molecule has 0 aliphatic carbocycles. The number of aryl methyl sites for hydroxylation is 1. The van der Waals surface area contributed by atoms with Crippen molar-refractivity contribution in [3.05, 3.63) is 105 Å². The molecule has 0 saturated heterocycles. The van der Waals surface area contributed by atoms with Gasteiger partial charge in [-0.2, -0.15) is 0 Å². The van der Waals surface area contributed by atoms with E-state index >= 15 is 0 Å². The average Bonchev–Trinajstić information content (AvgIpc) is 3.79. The Balaban J connectivity index is 1.42. The van der Waals surface area contributed by atoms with Crippen molar-refractivity contribution in [2.24, 2.45) is 5.92 Å². The Bertz CT molecular complexity index is 1490. The minimum absolute atomic E-state index is 0.133. The van der Waals surface area contributed by atoms with Crippen molar-refractivity contribution in [2.75, 3.05) is 7.05 Å². The molecule has 0 radical (unpaired) electrons. The van der Waals surface area contributed by atoms with E-state index in [1.165, 1.54) is 28.2 Å². The number of nitrogens with zero attached hydrogens (tertiary/aromatic N) is 3. The second-order valence-corrected chi connectivity index (χ2v) is 13.8. The zero-order valence-electron chi connectivity index (χ0n) is 27.1. The Morgan fingerprint density at radius 3 is 2.02 bits per heavy atom. The van der Waals surface area contributed by atoms with Crippen molar-refractivity contribution in [3.8, 4) is 0 Å². The van der Waals surface area contributed by atoms with Crippen molar-refractivity contribution >= 4 is 40.7 Å². The number of urea groups is 1. The third-order valence-electron chi connectivity index (χ3n) is 7.76. The van der Waals surface area contributed by atoms with E-state index in [1.807, 2.05) is 62.4 Å². The number of ether oxygens (including phenoxy) is 1. The molecule has 4 rings (SSSR count). The minimum atomic E-state index is -0.717. The molecular weight excluding hydrogens is 633 g/mol. The smallest absolute Gasteiger partial charge is 0.407 e. The molecule has 0 unspecified atom stereocenters. The van der Waals surface area contributed by atoms with Crippen molar-refractivity contribution in [2.45, 2.75) is 77.2 Å². The highest BCUT2D eigenvalue weighted by molar-refractivity contribution is 7.09. The van der Waals surface area contributed by atoms with Gasteiger partial charge in [0, 0.05) is 36.4 Å². The normalized spacial score (nSPS) is 12.9. The fourth-order valence-electron chi connectivity index (χ4n) is 5.15. The van der Waals surface area contributed by atoms with Crippen LogP contribution >= 0.6 is 22.7 Å². The first kappa shape index (κ1) is 35.6. The summed E-state index contributed by atoms with van der Waals surface area (Å²) >= 11 is 2.91. The van der Waals surface area contributed by atoms with Crippen molar-refractivity contribution in [1.29, 1.82) is 0 Å². The largest absolute Gasteiger partial charge is 0.444 e. The van der Waals surface area contributed by atoms with E-state index in [4.69, 9.17) is 4.74 Å². The van der Waals surface area contributed by atoms with E-state index in [0.717, 1.165) is 21.7 Å². The number of alkyl carbamates (subject to hydrolysis) is 1. The molecule has 2 aromatic carbocycles. The molecule has 12 heteroatoms. The Morgan fingerprint density at radius 2 is 1.40 bits per heavy atom. The summed E-state index contributed by atoms with van der Waals surface area (Å²) in [6, 6.07) is 18.7. The van der Waals surface area contributed by atoms with Crippen LogP contribution in [0, 0.1) is 5.92 Å². The number of carbonyl (C=O) groups is 3. The summed E-state index contributed by atoms with van der Waals surface area (Å²) in [6.45, 7) is 4.41. The molecule has 0 saturated carbocycles. The van der Waals surface area contributed by atoms with E-state index < -0.39 is 12.1 Å². The highest BCUT2D eigenvalue weighted by Gasteiger charge is 2.28. The van der Waals surface area contributed by atoms with Gasteiger partial charge in [0.05, 0.1) is 22.4 Å². The van der Waals surface area contributed by atoms with Gasteiger partial charge in [0.1, 0.15) is 12.6 Å². The maximum Gasteiger partial charge on any atom is 0.407 e. The first-order chi connectivity index (χ1) is 22.8. The van der Waals surface area contributed by atoms with Crippen molar-refractivity contribution in [1.82, 2.24) is 30.8 Å². The Morgan fingerprint density at radius 1 is 0.787 bits per heavy atom.